The maximum absolute atomic E-state index is 12.8. The average Bonchev–Trinajstić information content (AvgIpc) is 3.01. The van der Waals surface area contributed by atoms with Crippen molar-refractivity contribution in [3.05, 3.63) is 46.6 Å². The van der Waals surface area contributed by atoms with E-state index in [2.05, 4.69) is 0 Å². The van der Waals surface area contributed by atoms with Crippen LogP contribution in [0.5, 0.6) is 23.0 Å². The number of aliphatic hydroxyl groups excluding tert-OH is 6. The molecule has 8 N–H and O–H groups in total. The summed E-state index contributed by atoms with van der Waals surface area (Å²) in [6.45, 7) is 0.953. The summed E-state index contributed by atoms with van der Waals surface area (Å²) in [5.74, 6) is -0.605. The number of fused-ring (bicyclic) bond motifs is 1. The minimum atomic E-state index is -1.78. The minimum Gasteiger partial charge on any atom is -0.617 e. The third-order valence-electron chi connectivity index (χ3n) is 7.40. The molecule has 2 aromatic carbocycles. The van der Waals surface area contributed by atoms with Gasteiger partial charge in [-0.25, -0.2) is 0 Å². The van der Waals surface area contributed by atoms with Crippen LogP contribution in [0, 0.1) is 0 Å². The lowest BCUT2D eigenvalue weighted by Gasteiger charge is -2.42. The normalized spacial score (nSPS) is 30.9. The first-order valence-electron chi connectivity index (χ1n) is 14.2. The number of aromatic hydroxyl groups is 2. The van der Waals surface area contributed by atoms with Crippen LogP contribution < -0.4 is 14.9 Å². The fraction of sp³-hybridized carbons (Fsp3) is 0.500. The molecule has 47 heavy (non-hydrogen) atoms. The Morgan fingerprint density at radius 1 is 0.830 bits per heavy atom. The Balaban J connectivity index is 0.00000118. The summed E-state index contributed by atoms with van der Waals surface area (Å²) in [6, 6.07) is 7.78. The van der Waals surface area contributed by atoms with Crippen molar-refractivity contribution in [3.63, 3.8) is 0 Å². The van der Waals surface area contributed by atoms with Crippen molar-refractivity contribution >= 4 is 22.1 Å². The maximum Gasteiger partial charge on any atom is 0.229 e. The van der Waals surface area contributed by atoms with Gasteiger partial charge >= 0.3 is 0 Å². The van der Waals surface area contributed by atoms with Gasteiger partial charge in [0.2, 0.25) is 6.29 Å². The number of aliphatic hydroxyl groups is 6. The van der Waals surface area contributed by atoms with E-state index in [0.29, 0.717) is 5.56 Å². The van der Waals surface area contributed by atoms with Crippen molar-refractivity contribution in [3.8, 4) is 34.3 Å². The number of hydrogen-bond donors (Lipinski definition) is 8. The van der Waals surface area contributed by atoms with Gasteiger partial charge in [-0.1, -0.05) is 11.2 Å². The van der Waals surface area contributed by atoms with Crippen LogP contribution in [0.2, 0.25) is 0 Å². The Morgan fingerprint density at radius 2 is 1.47 bits per heavy atom. The summed E-state index contributed by atoms with van der Waals surface area (Å²) in [5.41, 5.74) is -0.381. The smallest absolute Gasteiger partial charge is 0.229 e. The zero-order valence-corrected chi connectivity index (χ0v) is 26.5. The van der Waals surface area contributed by atoms with Gasteiger partial charge in [0.25, 0.3) is 0 Å². The molecule has 16 nitrogen and oxygen atoms in total. The molecule has 3 heterocycles. The molecular weight excluding hydrogens is 648 g/mol. The van der Waals surface area contributed by atoms with E-state index >= 15 is 0 Å². The van der Waals surface area contributed by atoms with Crippen LogP contribution in [-0.2, 0) is 25.4 Å². The number of benzene rings is 2. The van der Waals surface area contributed by atoms with E-state index in [1.807, 2.05) is 0 Å². The molecule has 2 fully saturated rings. The van der Waals surface area contributed by atoms with E-state index in [1.54, 1.807) is 18.6 Å². The molecule has 10 atom stereocenters. The van der Waals surface area contributed by atoms with Gasteiger partial charge in [0.1, 0.15) is 71.0 Å². The van der Waals surface area contributed by atoms with E-state index in [-0.39, 0.29) is 34.0 Å². The molecule has 2 aliphatic heterocycles. The molecule has 17 heteroatoms. The molecule has 0 radical (unpaired) electrons. The predicted octanol–water partition coefficient (Wildman–Crippen LogP) is -1.09. The van der Waals surface area contributed by atoms with Crippen LogP contribution in [-0.4, -0.2) is 133 Å². The van der Waals surface area contributed by atoms with Crippen LogP contribution in [0.1, 0.15) is 6.92 Å². The van der Waals surface area contributed by atoms with Crippen LogP contribution in [0.3, 0.4) is 0 Å². The van der Waals surface area contributed by atoms with Gasteiger partial charge in [-0.3, -0.25) is 4.79 Å². The van der Waals surface area contributed by atoms with E-state index in [1.165, 1.54) is 32.2 Å². The van der Waals surface area contributed by atoms with Crippen molar-refractivity contribution in [2.75, 3.05) is 26.2 Å². The van der Waals surface area contributed by atoms with Gasteiger partial charge in [0.05, 0.1) is 32.3 Å². The van der Waals surface area contributed by atoms with Gasteiger partial charge in [-0.15, -0.1) is 0 Å². The van der Waals surface area contributed by atoms with Gasteiger partial charge < -0.3 is 73.5 Å². The fourth-order valence-electron chi connectivity index (χ4n) is 4.92. The van der Waals surface area contributed by atoms with Crippen molar-refractivity contribution in [2.24, 2.45) is 0 Å². The quantitative estimate of drug-likeness (QED) is 0.137. The summed E-state index contributed by atoms with van der Waals surface area (Å²) in [6.07, 6.45) is -11.8. The lowest BCUT2D eigenvalue weighted by atomic mass is 9.98. The molecule has 0 bridgehead atoms. The van der Waals surface area contributed by atoms with Crippen LogP contribution in [0.15, 0.2) is 45.6 Å². The largest absolute Gasteiger partial charge is 0.617 e. The molecule has 0 amide bonds. The minimum absolute atomic E-state index is 0.0517. The summed E-state index contributed by atoms with van der Waals surface area (Å²) in [5, 5.41) is 82.0. The molecule has 3 aromatic rings. The second-order valence-electron chi connectivity index (χ2n) is 11.1. The monoisotopic (exact) mass is 686 g/mol. The molecule has 0 spiro atoms. The summed E-state index contributed by atoms with van der Waals surface area (Å²) in [7, 11) is 1.38. The number of phenolic OH excluding ortho intramolecular Hbond substituents is 2. The van der Waals surface area contributed by atoms with E-state index in [0.717, 1.165) is 12.1 Å². The third kappa shape index (κ3) is 8.27. The number of phenols is 2. The highest BCUT2D eigenvalue weighted by molar-refractivity contribution is 7.89. The third-order valence-corrected chi connectivity index (χ3v) is 7.40. The van der Waals surface area contributed by atoms with Crippen LogP contribution >= 0.6 is 0 Å². The fourth-order valence-corrected chi connectivity index (χ4v) is 4.92. The Labute approximate surface area is 271 Å². The Bertz CT molecular complexity index is 1560. The van der Waals surface area contributed by atoms with Gasteiger partial charge in [-0.2, -0.15) is 0 Å². The van der Waals surface area contributed by atoms with E-state index in [4.69, 9.17) is 28.1 Å². The van der Waals surface area contributed by atoms with Crippen LogP contribution in [0.25, 0.3) is 22.3 Å². The number of ether oxygens (including phenoxy) is 5. The molecule has 260 valence electrons. The SMILES string of the molecule is COc1ccc(-c2cc(=O)c3c(O)cc(O[C@@H]4O[C@H](CO[C@@H]5O[C@@H](C)[C@H](O)[C@@H](O)[C@H]5O)[C@@H](O)[C@H](O)[C@H]4O)cc3o2)cc1O.C[S+](C)[O-]. The van der Waals surface area contributed by atoms with Crippen molar-refractivity contribution < 1.29 is 73.5 Å². The predicted molar refractivity (Wildman–Crippen MR) is 163 cm³/mol. The first kappa shape index (κ1) is 36.6. The zero-order chi connectivity index (χ0) is 34.7. The summed E-state index contributed by atoms with van der Waals surface area (Å²) in [4.78, 5) is 12.8. The molecular formula is C30H38O16S. The lowest BCUT2D eigenvalue weighted by molar-refractivity contribution is -0.318. The van der Waals surface area contributed by atoms with Crippen molar-refractivity contribution in [1.29, 1.82) is 0 Å². The van der Waals surface area contributed by atoms with Gasteiger partial charge in [-0.05, 0) is 25.1 Å². The lowest BCUT2D eigenvalue weighted by Crippen LogP contribution is -2.61. The highest BCUT2D eigenvalue weighted by Gasteiger charge is 2.47. The Morgan fingerprint density at radius 3 is 2.11 bits per heavy atom. The zero-order valence-electron chi connectivity index (χ0n) is 25.7. The summed E-state index contributed by atoms with van der Waals surface area (Å²) >= 11 is -0.611. The Kier molecular flexibility index (Phi) is 12.0. The van der Waals surface area contributed by atoms with Gasteiger partial charge in [0.15, 0.2) is 23.2 Å². The van der Waals surface area contributed by atoms with Gasteiger partial charge in [0, 0.05) is 23.8 Å². The Hall–Kier alpha value is -3.20. The molecule has 0 aliphatic carbocycles. The molecule has 2 saturated heterocycles. The van der Waals surface area contributed by atoms with Crippen LogP contribution in [0.4, 0.5) is 0 Å². The maximum atomic E-state index is 12.8. The number of methoxy groups -OCH3 is 1. The second-order valence-corrected chi connectivity index (χ2v) is 12.5. The van der Waals surface area contributed by atoms with E-state index < -0.39 is 90.4 Å². The molecule has 5 rings (SSSR count). The average molecular weight is 687 g/mol. The van der Waals surface area contributed by atoms with Crippen molar-refractivity contribution in [2.45, 2.75) is 68.3 Å². The summed E-state index contributed by atoms with van der Waals surface area (Å²) < 4.78 is 42.5. The molecule has 2 aliphatic rings. The van der Waals surface area contributed by atoms with E-state index in [9.17, 15) is 50.2 Å². The molecule has 0 saturated carbocycles. The highest BCUT2D eigenvalue weighted by Crippen LogP contribution is 2.35. The standard InChI is InChI=1S/C28H32O15.C2H6OS/c1-10-21(32)23(34)25(36)27(40-10)39-9-19-22(33)24(35)26(37)28(43-19)41-12-6-14(30)20-15(31)8-17(42-18(20)7-12)11-3-4-16(38-2)13(29)5-11;1-4(2)3/h3-8,10,19,21-30,32-37H,9H2,1-2H3;1-2H3/t10-,19+,21-,22+,23+,24-,25+,26+,27+,28+;/m0./s1. The number of hydrogen-bond acceptors (Lipinski definition) is 16. The molecule has 1 aromatic heterocycles. The first-order chi connectivity index (χ1) is 22.1. The number of rotatable bonds is 7. The first-order valence-corrected chi connectivity index (χ1v) is 16.2. The molecule has 0 unspecified atom stereocenters. The topological polar surface area (TPSA) is 261 Å². The second kappa shape index (κ2) is 15.3. The van der Waals surface area contributed by atoms with Crippen molar-refractivity contribution in [1.82, 2.24) is 0 Å². The highest BCUT2D eigenvalue weighted by atomic mass is 32.2.